The lowest BCUT2D eigenvalue weighted by molar-refractivity contribution is -0.161. The van der Waals surface area contributed by atoms with Gasteiger partial charge >= 0.3 is 11.9 Å². The number of esters is 2. The molecule has 42 heavy (non-hydrogen) atoms. The average molecular weight is 595 g/mol. The smallest absolute Gasteiger partial charge is 0.306 e. The third-order valence-electron chi connectivity index (χ3n) is 8.06. The van der Waals surface area contributed by atoms with Crippen molar-refractivity contribution in [3.05, 3.63) is 12.2 Å². The summed E-state index contributed by atoms with van der Waals surface area (Å²) in [6, 6.07) is 0. The summed E-state index contributed by atoms with van der Waals surface area (Å²) < 4.78 is 10.6. The number of aliphatic hydroxyl groups is 1. The second-order valence-electron chi connectivity index (χ2n) is 12.3. The lowest BCUT2D eigenvalue weighted by atomic mass is 10.0. The Morgan fingerprint density at radius 3 is 1.36 bits per heavy atom. The first-order chi connectivity index (χ1) is 20.6. The van der Waals surface area contributed by atoms with Crippen LogP contribution in [0.15, 0.2) is 12.2 Å². The zero-order valence-electron chi connectivity index (χ0n) is 28.0. The first-order valence-corrected chi connectivity index (χ1v) is 18.2. The van der Waals surface area contributed by atoms with Crippen molar-refractivity contribution in [2.75, 3.05) is 13.2 Å². The molecule has 0 saturated carbocycles. The van der Waals surface area contributed by atoms with Crippen LogP contribution in [-0.4, -0.2) is 36.4 Å². The number of hydrogen-bond acceptors (Lipinski definition) is 5. The molecule has 0 unspecified atom stereocenters. The van der Waals surface area contributed by atoms with Crippen molar-refractivity contribution in [3.8, 4) is 0 Å². The van der Waals surface area contributed by atoms with E-state index in [4.69, 9.17) is 9.47 Å². The van der Waals surface area contributed by atoms with Gasteiger partial charge in [-0.3, -0.25) is 9.59 Å². The fourth-order valence-electron chi connectivity index (χ4n) is 5.24. The van der Waals surface area contributed by atoms with Gasteiger partial charge in [-0.1, -0.05) is 161 Å². The van der Waals surface area contributed by atoms with E-state index in [2.05, 4.69) is 26.0 Å². The Morgan fingerprint density at radius 1 is 0.524 bits per heavy atom. The van der Waals surface area contributed by atoms with Crippen LogP contribution in [0.5, 0.6) is 0 Å². The zero-order valence-corrected chi connectivity index (χ0v) is 28.0. The van der Waals surface area contributed by atoms with E-state index in [1.807, 2.05) is 0 Å². The van der Waals surface area contributed by atoms with Crippen LogP contribution < -0.4 is 0 Å². The predicted molar refractivity (Wildman–Crippen MR) is 178 cm³/mol. The van der Waals surface area contributed by atoms with E-state index in [1.165, 1.54) is 122 Å². The van der Waals surface area contributed by atoms with E-state index in [0.29, 0.717) is 12.8 Å². The highest BCUT2D eigenvalue weighted by atomic mass is 16.6. The first-order valence-electron chi connectivity index (χ1n) is 18.2. The minimum atomic E-state index is -0.766. The van der Waals surface area contributed by atoms with Gasteiger partial charge in [0.15, 0.2) is 6.10 Å². The highest BCUT2D eigenvalue weighted by Gasteiger charge is 2.16. The molecule has 0 saturated heterocycles. The number of aliphatic hydroxyl groups excluding tert-OH is 1. The van der Waals surface area contributed by atoms with Crippen molar-refractivity contribution in [1.29, 1.82) is 0 Å². The van der Waals surface area contributed by atoms with Crippen LogP contribution in [0, 0.1) is 0 Å². The van der Waals surface area contributed by atoms with Crippen molar-refractivity contribution >= 4 is 11.9 Å². The third-order valence-corrected chi connectivity index (χ3v) is 8.06. The predicted octanol–water partition coefficient (Wildman–Crippen LogP) is 11.0. The van der Waals surface area contributed by atoms with Crippen molar-refractivity contribution in [2.24, 2.45) is 0 Å². The largest absolute Gasteiger partial charge is 0.462 e. The summed E-state index contributed by atoms with van der Waals surface area (Å²) in [5.74, 6) is -0.595. The van der Waals surface area contributed by atoms with Crippen molar-refractivity contribution < 1.29 is 24.2 Å². The van der Waals surface area contributed by atoms with Gasteiger partial charge in [0, 0.05) is 12.8 Å². The van der Waals surface area contributed by atoms with Gasteiger partial charge in [0.25, 0.3) is 0 Å². The molecule has 0 radical (unpaired) electrons. The number of hydrogen-bond donors (Lipinski definition) is 1. The minimum absolute atomic E-state index is 0.0650. The van der Waals surface area contributed by atoms with E-state index in [-0.39, 0.29) is 25.2 Å². The molecule has 0 aromatic carbocycles. The zero-order chi connectivity index (χ0) is 30.8. The Hall–Kier alpha value is -1.36. The molecule has 0 fully saturated rings. The molecule has 0 spiro atoms. The van der Waals surface area contributed by atoms with Crippen molar-refractivity contribution in [2.45, 2.75) is 200 Å². The Labute approximate surface area is 261 Å². The van der Waals surface area contributed by atoms with E-state index in [9.17, 15) is 14.7 Å². The molecule has 0 aromatic rings. The van der Waals surface area contributed by atoms with E-state index in [1.54, 1.807) is 0 Å². The van der Waals surface area contributed by atoms with Gasteiger partial charge in [-0.15, -0.1) is 0 Å². The lowest BCUT2D eigenvalue weighted by Gasteiger charge is -2.15. The highest BCUT2D eigenvalue weighted by Crippen LogP contribution is 2.15. The van der Waals surface area contributed by atoms with E-state index in [0.717, 1.165) is 44.9 Å². The van der Waals surface area contributed by atoms with Gasteiger partial charge in [0.1, 0.15) is 6.61 Å². The first kappa shape index (κ1) is 40.6. The van der Waals surface area contributed by atoms with E-state index < -0.39 is 6.10 Å². The number of ether oxygens (including phenoxy) is 2. The summed E-state index contributed by atoms with van der Waals surface area (Å²) in [5, 5.41) is 9.51. The average Bonchev–Trinajstić information content (AvgIpc) is 2.99. The third kappa shape index (κ3) is 31.6. The Balaban J connectivity index is 3.52. The topological polar surface area (TPSA) is 72.8 Å². The van der Waals surface area contributed by atoms with Crippen LogP contribution in [0.25, 0.3) is 0 Å². The molecule has 0 aliphatic heterocycles. The minimum Gasteiger partial charge on any atom is -0.462 e. The molecular formula is C37H70O5. The Bertz CT molecular complexity index is 603. The Kier molecular flexibility index (Phi) is 33.0. The molecule has 5 heteroatoms. The maximum Gasteiger partial charge on any atom is 0.306 e. The summed E-state index contributed by atoms with van der Waals surface area (Å²) in [6.07, 6.45) is 37.0. The van der Waals surface area contributed by atoms with Crippen LogP contribution in [0.2, 0.25) is 0 Å². The summed E-state index contributed by atoms with van der Waals surface area (Å²) in [6.45, 7) is 4.10. The molecule has 0 aromatic heterocycles. The van der Waals surface area contributed by atoms with Crippen LogP contribution in [0.1, 0.15) is 194 Å². The second-order valence-corrected chi connectivity index (χ2v) is 12.3. The maximum atomic E-state index is 12.1. The second kappa shape index (κ2) is 34.1. The summed E-state index contributed by atoms with van der Waals surface area (Å²) >= 11 is 0. The van der Waals surface area contributed by atoms with Gasteiger partial charge in [-0.25, -0.2) is 0 Å². The molecule has 248 valence electrons. The number of unbranched alkanes of at least 4 members (excludes halogenated alkanes) is 23. The molecule has 0 rings (SSSR count). The maximum absolute atomic E-state index is 12.1. The summed E-state index contributed by atoms with van der Waals surface area (Å²) in [7, 11) is 0. The molecule has 0 aliphatic rings. The molecule has 5 nitrogen and oxygen atoms in total. The standard InChI is InChI=1S/C37H70O5/c1-3-5-7-9-11-13-15-16-17-18-19-20-22-24-26-28-30-32-37(40)42-35(33-38)34-41-36(39)31-29-27-25-23-21-14-12-10-8-6-4-2/h10,12,35,38H,3-9,11,13-34H2,1-2H3/t35-/m0/s1. The van der Waals surface area contributed by atoms with Gasteiger partial charge in [0.2, 0.25) is 0 Å². The van der Waals surface area contributed by atoms with Crippen molar-refractivity contribution in [3.63, 3.8) is 0 Å². The van der Waals surface area contributed by atoms with Crippen LogP contribution in [-0.2, 0) is 19.1 Å². The summed E-state index contributed by atoms with van der Waals surface area (Å²) in [5.41, 5.74) is 0. The molecule has 1 N–H and O–H groups in total. The fraction of sp³-hybridized carbons (Fsp3) is 0.892. The number of carbonyl (C=O) groups excluding carboxylic acids is 2. The van der Waals surface area contributed by atoms with Crippen LogP contribution >= 0.6 is 0 Å². The summed E-state index contributed by atoms with van der Waals surface area (Å²) in [4.78, 5) is 24.1. The molecule has 0 aliphatic carbocycles. The van der Waals surface area contributed by atoms with Gasteiger partial charge in [-0.05, 0) is 32.1 Å². The molecule has 0 amide bonds. The molecular weight excluding hydrogens is 524 g/mol. The SMILES string of the molecule is CCCCC=CCCCCCCCC(=O)OC[C@H](CO)OC(=O)CCCCCCCCCCCCCCCCCCC. The normalized spacial score (nSPS) is 12.2. The molecule has 1 atom stereocenters. The fourth-order valence-corrected chi connectivity index (χ4v) is 5.24. The number of carbonyl (C=O) groups is 2. The molecule has 0 heterocycles. The van der Waals surface area contributed by atoms with Crippen LogP contribution in [0.4, 0.5) is 0 Å². The van der Waals surface area contributed by atoms with Gasteiger partial charge in [0.05, 0.1) is 6.61 Å². The van der Waals surface area contributed by atoms with Crippen molar-refractivity contribution in [1.82, 2.24) is 0 Å². The van der Waals surface area contributed by atoms with Gasteiger partial charge < -0.3 is 14.6 Å². The Morgan fingerprint density at radius 2 is 0.905 bits per heavy atom. The highest BCUT2D eigenvalue weighted by molar-refractivity contribution is 5.70. The lowest BCUT2D eigenvalue weighted by Crippen LogP contribution is -2.28. The quantitative estimate of drug-likeness (QED) is 0.0465. The van der Waals surface area contributed by atoms with E-state index >= 15 is 0 Å². The van der Waals surface area contributed by atoms with Crippen LogP contribution in [0.3, 0.4) is 0 Å². The number of rotatable bonds is 33. The number of allylic oxidation sites excluding steroid dienone is 2. The monoisotopic (exact) mass is 595 g/mol. The van der Waals surface area contributed by atoms with Gasteiger partial charge in [-0.2, -0.15) is 0 Å². The molecule has 0 bridgehead atoms.